The van der Waals surface area contributed by atoms with Gasteiger partial charge in [-0.25, -0.2) is 0 Å². The van der Waals surface area contributed by atoms with Crippen LogP contribution in [0.15, 0.2) is 18.2 Å². The molecule has 0 radical (unpaired) electrons. The normalized spacial score (nSPS) is 22.8. The van der Waals surface area contributed by atoms with Crippen molar-refractivity contribution in [3.8, 4) is 11.5 Å². The zero-order chi connectivity index (χ0) is 12.2. The van der Waals surface area contributed by atoms with Crippen molar-refractivity contribution in [2.45, 2.75) is 23.8 Å². The molecule has 3 nitrogen and oxygen atoms in total. The summed E-state index contributed by atoms with van der Waals surface area (Å²) in [7, 11) is 0. The molecule has 0 aliphatic carbocycles. The fourth-order valence-corrected chi connectivity index (χ4v) is 3.41. The highest BCUT2D eigenvalue weighted by atomic mass is 32.2. The van der Waals surface area contributed by atoms with E-state index in [4.69, 9.17) is 9.47 Å². The number of ether oxygens (including phenoxy) is 2. The lowest BCUT2D eigenvalue weighted by Crippen LogP contribution is -2.10. The Morgan fingerprint density at radius 1 is 1.22 bits per heavy atom. The summed E-state index contributed by atoms with van der Waals surface area (Å²) in [5.41, 5.74) is 1.33. The van der Waals surface area contributed by atoms with Crippen LogP contribution in [0.3, 0.4) is 0 Å². The smallest absolute Gasteiger partial charge is 0.161 e. The molecule has 0 spiro atoms. The van der Waals surface area contributed by atoms with E-state index in [-0.39, 0.29) is 0 Å². The van der Waals surface area contributed by atoms with Gasteiger partial charge in [0.1, 0.15) is 0 Å². The summed E-state index contributed by atoms with van der Waals surface area (Å²) in [6, 6.07) is 6.34. The van der Waals surface area contributed by atoms with Gasteiger partial charge in [0.2, 0.25) is 0 Å². The zero-order valence-electron chi connectivity index (χ0n) is 10.5. The Morgan fingerprint density at radius 3 is 2.94 bits per heavy atom. The van der Waals surface area contributed by atoms with Crippen LogP contribution in [-0.4, -0.2) is 31.6 Å². The van der Waals surface area contributed by atoms with Crippen LogP contribution in [-0.2, 0) is 5.75 Å². The molecule has 1 unspecified atom stereocenters. The van der Waals surface area contributed by atoms with Gasteiger partial charge in [-0.15, -0.1) is 0 Å². The van der Waals surface area contributed by atoms with Crippen LogP contribution in [0.5, 0.6) is 11.5 Å². The van der Waals surface area contributed by atoms with E-state index in [1.807, 2.05) is 17.8 Å². The molecule has 4 heteroatoms. The Balaban J connectivity index is 1.63. The Bertz CT molecular complexity index is 405. The summed E-state index contributed by atoms with van der Waals surface area (Å²) < 4.78 is 11.4. The van der Waals surface area contributed by atoms with Gasteiger partial charge in [-0.2, -0.15) is 11.8 Å². The average Bonchev–Trinajstić information content (AvgIpc) is 2.80. The Kier molecular flexibility index (Phi) is 3.96. The molecule has 2 aliphatic heterocycles. The first-order chi connectivity index (χ1) is 8.92. The lowest BCUT2D eigenvalue weighted by molar-refractivity contribution is 0.297. The standard InChI is InChI=1S/C14H19NO2S/c1-6-16-13-3-2-11(8-14(13)17-7-1)10-18-12-4-5-15-9-12/h2-3,8,12,15H,1,4-7,9-10H2. The van der Waals surface area contributed by atoms with Crippen molar-refractivity contribution in [2.24, 2.45) is 0 Å². The van der Waals surface area contributed by atoms with Crippen molar-refractivity contribution in [1.29, 1.82) is 0 Å². The topological polar surface area (TPSA) is 30.5 Å². The molecule has 2 aliphatic rings. The third-order valence-electron chi connectivity index (χ3n) is 3.31. The number of rotatable bonds is 3. The molecule has 2 heterocycles. The number of thioether (sulfide) groups is 1. The second kappa shape index (κ2) is 5.85. The molecule has 0 aromatic heterocycles. The van der Waals surface area contributed by atoms with Gasteiger partial charge in [0.15, 0.2) is 11.5 Å². The summed E-state index contributed by atoms with van der Waals surface area (Å²) in [6.07, 6.45) is 2.25. The molecule has 1 fully saturated rings. The number of nitrogens with one attached hydrogen (secondary N) is 1. The largest absolute Gasteiger partial charge is 0.490 e. The van der Waals surface area contributed by atoms with Crippen molar-refractivity contribution >= 4 is 11.8 Å². The van der Waals surface area contributed by atoms with Crippen LogP contribution < -0.4 is 14.8 Å². The lowest BCUT2D eigenvalue weighted by Gasteiger charge is -2.11. The summed E-state index contributed by atoms with van der Waals surface area (Å²) in [6.45, 7) is 3.83. The monoisotopic (exact) mass is 265 g/mol. The van der Waals surface area contributed by atoms with E-state index in [9.17, 15) is 0 Å². The number of benzene rings is 1. The Morgan fingerprint density at radius 2 is 2.11 bits per heavy atom. The van der Waals surface area contributed by atoms with E-state index in [0.29, 0.717) is 0 Å². The minimum Gasteiger partial charge on any atom is -0.490 e. The average molecular weight is 265 g/mol. The fraction of sp³-hybridized carbons (Fsp3) is 0.571. The van der Waals surface area contributed by atoms with E-state index in [0.717, 1.165) is 48.7 Å². The van der Waals surface area contributed by atoms with Crippen molar-refractivity contribution < 1.29 is 9.47 Å². The molecule has 1 atom stereocenters. The highest BCUT2D eigenvalue weighted by Gasteiger charge is 2.15. The number of hydrogen-bond donors (Lipinski definition) is 1. The Labute approximate surface area is 112 Å². The first-order valence-corrected chi connectivity index (χ1v) is 7.67. The summed E-state index contributed by atoms with van der Waals surface area (Å²) in [4.78, 5) is 0. The molecule has 0 bridgehead atoms. The zero-order valence-corrected chi connectivity index (χ0v) is 11.3. The van der Waals surface area contributed by atoms with E-state index in [1.54, 1.807) is 0 Å². The lowest BCUT2D eigenvalue weighted by atomic mass is 10.2. The predicted molar refractivity (Wildman–Crippen MR) is 74.6 cm³/mol. The second-order valence-electron chi connectivity index (χ2n) is 4.76. The summed E-state index contributed by atoms with van der Waals surface area (Å²) in [5, 5.41) is 4.17. The molecule has 1 aromatic carbocycles. The molecular weight excluding hydrogens is 246 g/mol. The summed E-state index contributed by atoms with van der Waals surface area (Å²) in [5.74, 6) is 2.86. The molecule has 18 heavy (non-hydrogen) atoms. The third-order valence-corrected chi connectivity index (χ3v) is 4.69. The van der Waals surface area contributed by atoms with E-state index >= 15 is 0 Å². The quantitative estimate of drug-likeness (QED) is 0.909. The number of hydrogen-bond acceptors (Lipinski definition) is 4. The summed E-state index contributed by atoms with van der Waals surface area (Å²) >= 11 is 2.03. The van der Waals surface area contributed by atoms with Crippen LogP contribution in [0, 0.1) is 0 Å². The molecule has 98 valence electrons. The maximum Gasteiger partial charge on any atom is 0.161 e. The first-order valence-electron chi connectivity index (χ1n) is 6.63. The fourth-order valence-electron chi connectivity index (χ4n) is 2.28. The first kappa shape index (κ1) is 12.2. The third kappa shape index (κ3) is 2.93. The second-order valence-corrected chi connectivity index (χ2v) is 6.05. The van der Waals surface area contributed by atoms with Gasteiger partial charge in [-0.05, 0) is 30.7 Å². The van der Waals surface area contributed by atoms with Gasteiger partial charge < -0.3 is 14.8 Å². The molecule has 1 N–H and O–H groups in total. The molecular formula is C14H19NO2S. The van der Waals surface area contributed by atoms with Crippen LogP contribution in [0.25, 0.3) is 0 Å². The maximum atomic E-state index is 5.71. The molecule has 3 rings (SSSR count). The van der Waals surface area contributed by atoms with Crippen LogP contribution in [0.4, 0.5) is 0 Å². The minimum atomic E-state index is 0.759. The van der Waals surface area contributed by atoms with Crippen molar-refractivity contribution in [3.05, 3.63) is 23.8 Å². The van der Waals surface area contributed by atoms with Gasteiger partial charge >= 0.3 is 0 Å². The predicted octanol–water partition coefficient (Wildman–Crippen LogP) is 2.44. The molecule has 0 amide bonds. The minimum absolute atomic E-state index is 0.759. The van der Waals surface area contributed by atoms with E-state index in [1.165, 1.54) is 18.5 Å². The molecule has 0 saturated carbocycles. The SMILES string of the molecule is c1cc2c(cc1CSC1CCNC1)OCCCO2. The molecule has 1 aromatic rings. The Hall–Kier alpha value is -0.870. The number of fused-ring (bicyclic) bond motifs is 1. The molecule has 1 saturated heterocycles. The highest BCUT2D eigenvalue weighted by molar-refractivity contribution is 7.99. The van der Waals surface area contributed by atoms with Crippen LogP contribution in [0.1, 0.15) is 18.4 Å². The van der Waals surface area contributed by atoms with Crippen LogP contribution in [0.2, 0.25) is 0 Å². The van der Waals surface area contributed by atoms with Gasteiger partial charge in [-0.3, -0.25) is 0 Å². The van der Waals surface area contributed by atoms with Gasteiger partial charge in [0.05, 0.1) is 13.2 Å². The van der Waals surface area contributed by atoms with E-state index in [2.05, 4.69) is 17.4 Å². The van der Waals surface area contributed by atoms with Crippen molar-refractivity contribution in [2.75, 3.05) is 26.3 Å². The maximum absolute atomic E-state index is 5.71. The van der Waals surface area contributed by atoms with Gasteiger partial charge in [0, 0.05) is 24.0 Å². The van der Waals surface area contributed by atoms with Gasteiger partial charge in [0.25, 0.3) is 0 Å². The van der Waals surface area contributed by atoms with Crippen molar-refractivity contribution in [1.82, 2.24) is 5.32 Å². The van der Waals surface area contributed by atoms with Gasteiger partial charge in [-0.1, -0.05) is 6.07 Å². The van der Waals surface area contributed by atoms with Crippen LogP contribution >= 0.6 is 11.8 Å². The highest BCUT2D eigenvalue weighted by Crippen LogP contribution is 2.32. The van der Waals surface area contributed by atoms with E-state index < -0.39 is 0 Å². The van der Waals surface area contributed by atoms with Crippen molar-refractivity contribution in [3.63, 3.8) is 0 Å².